The number of aromatic carboxylic acids is 1. The van der Waals surface area contributed by atoms with Crippen molar-refractivity contribution >= 4 is 5.97 Å². The van der Waals surface area contributed by atoms with Crippen molar-refractivity contribution in [1.29, 1.82) is 0 Å². The molecule has 1 heterocycles. The Bertz CT molecular complexity index is 641. The zero-order valence-electron chi connectivity index (χ0n) is 8.84. The van der Waals surface area contributed by atoms with Crippen molar-refractivity contribution in [3.63, 3.8) is 0 Å². The number of H-pyrrole nitrogens is 1. The topological polar surface area (TPSA) is 108 Å². The van der Waals surface area contributed by atoms with Gasteiger partial charge in [-0.05, 0) is 30.7 Å². The van der Waals surface area contributed by atoms with Gasteiger partial charge in [0.1, 0.15) is 5.75 Å². The van der Waals surface area contributed by atoms with Crippen molar-refractivity contribution in [1.82, 2.24) is 14.8 Å². The number of rotatable bonds is 2. The van der Waals surface area contributed by atoms with Gasteiger partial charge in [0.05, 0.1) is 5.69 Å². The van der Waals surface area contributed by atoms with Crippen LogP contribution in [0.5, 0.6) is 5.75 Å². The van der Waals surface area contributed by atoms with Gasteiger partial charge in [-0.2, -0.15) is 4.68 Å². The van der Waals surface area contributed by atoms with Crippen LogP contribution in [-0.2, 0) is 0 Å². The fraction of sp³-hybridized carbons (Fsp3) is 0.100. The number of carboxylic acid groups (broad SMARTS) is 1. The maximum Gasteiger partial charge on any atom is 0.373 e. The van der Waals surface area contributed by atoms with Gasteiger partial charge in [0.25, 0.3) is 0 Å². The standard InChI is InChI=1S/C10H9N3O4/c1-5-4-6(14)2-3-7(5)13-10(17)11-8(12-13)9(15)16/h2-4,14H,1H3,(H,15,16)(H,11,12,17). The van der Waals surface area contributed by atoms with Crippen LogP contribution >= 0.6 is 0 Å². The van der Waals surface area contributed by atoms with Gasteiger partial charge in [-0.1, -0.05) is 0 Å². The molecule has 7 nitrogen and oxygen atoms in total. The average molecular weight is 235 g/mol. The van der Waals surface area contributed by atoms with E-state index in [4.69, 9.17) is 5.11 Å². The number of aryl methyl sites for hydroxylation is 1. The minimum atomic E-state index is -1.31. The average Bonchev–Trinajstić information content (AvgIpc) is 2.61. The Kier molecular flexibility index (Phi) is 2.43. The summed E-state index contributed by atoms with van der Waals surface area (Å²) in [5.74, 6) is -1.67. The summed E-state index contributed by atoms with van der Waals surface area (Å²) >= 11 is 0. The van der Waals surface area contributed by atoms with Crippen LogP contribution < -0.4 is 5.69 Å². The first-order valence-corrected chi connectivity index (χ1v) is 4.71. The lowest BCUT2D eigenvalue weighted by atomic mass is 10.2. The molecule has 0 atom stereocenters. The van der Waals surface area contributed by atoms with E-state index in [0.717, 1.165) is 4.68 Å². The maximum atomic E-state index is 11.5. The van der Waals surface area contributed by atoms with Crippen molar-refractivity contribution in [2.45, 2.75) is 6.92 Å². The van der Waals surface area contributed by atoms with Crippen LogP contribution in [0, 0.1) is 6.92 Å². The number of benzene rings is 1. The Morgan fingerprint density at radius 3 is 2.71 bits per heavy atom. The fourth-order valence-corrected chi connectivity index (χ4v) is 1.46. The number of aromatic amines is 1. The fourth-order valence-electron chi connectivity index (χ4n) is 1.46. The Hall–Kier alpha value is -2.57. The van der Waals surface area contributed by atoms with Crippen molar-refractivity contribution in [3.05, 3.63) is 40.1 Å². The quantitative estimate of drug-likeness (QED) is 0.692. The lowest BCUT2D eigenvalue weighted by molar-refractivity contribution is 0.0683. The second-order valence-corrected chi connectivity index (χ2v) is 3.47. The minimum absolute atomic E-state index is 0.0632. The molecule has 3 N–H and O–H groups in total. The second-order valence-electron chi connectivity index (χ2n) is 3.47. The number of nitrogens with one attached hydrogen (secondary N) is 1. The zero-order chi connectivity index (χ0) is 12.6. The number of hydrogen-bond donors (Lipinski definition) is 3. The van der Waals surface area contributed by atoms with Crippen molar-refractivity contribution in [3.8, 4) is 11.4 Å². The summed E-state index contributed by atoms with van der Waals surface area (Å²) in [6.07, 6.45) is 0. The summed E-state index contributed by atoms with van der Waals surface area (Å²) in [7, 11) is 0. The van der Waals surface area contributed by atoms with Gasteiger partial charge in [-0.3, -0.25) is 4.98 Å². The van der Waals surface area contributed by atoms with E-state index in [1.165, 1.54) is 18.2 Å². The van der Waals surface area contributed by atoms with Crippen LogP contribution in [0.4, 0.5) is 0 Å². The van der Waals surface area contributed by atoms with Crippen molar-refractivity contribution in [2.75, 3.05) is 0 Å². The Morgan fingerprint density at radius 2 is 2.18 bits per heavy atom. The molecule has 0 saturated heterocycles. The minimum Gasteiger partial charge on any atom is -0.508 e. The predicted octanol–water partition coefficient (Wildman–Crippen LogP) is 0.273. The van der Waals surface area contributed by atoms with Crippen LogP contribution in [-0.4, -0.2) is 30.9 Å². The first-order valence-electron chi connectivity index (χ1n) is 4.71. The molecule has 2 rings (SSSR count). The van der Waals surface area contributed by atoms with Crippen LogP contribution in [0.25, 0.3) is 5.69 Å². The van der Waals surface area contributed by atoms with Crippen LogP contribution in [0.1, 0.15) is 16.2 Å². The normalized spacial score (nSPS) is 10.4. The Labute approximate surface area is 95.0 Å². The number of phenols is 1. The molecule has 0 fully saturated rings. The summed E-state index contributed by atoms with van der Waals surface area (Å²) in [6, 6.07) is 4.33. The molecule has 17 heavy (non-hydrogen) atoms. The molecule has 1 aromatic heterocycles. The third-order valence-corrected chi connectivity index (χ3v) is 2.23. The molecule has 0 aliphatic rings. The Morgan fingerprint density at radius 1 is 1.47 bits per heavy atom. The lowest BCUT2D eigenvalue weighted by Crippen LogP contribution is -2.16. The van der Waals surface area contributed by atoms with Gasteiger partial charge in [-0.25, -0.2) is 9.59 Å². The second kappa shape index (κ2) is 3.78. The number of aromatic nitrogens is 3. The first-order chi connectivity index (χ1) is 7.99. The van der Waals surface area contributed by atoms with E-state index in [-0.39, 0.29) is 5.75 Å². The summed E-state index contributed by atoms with van der Waals surface area (Å²) in [4.78, 5) is 24.3. The molecule has 0 bridgehead atoms. The number of nitrogens with zero attached hydrogens (tertiary/aromatic N) is 2. The van der Waals surface area contributed by atoms with Crippen LogP contribution in [0.3, 0.4) is 0 Å². The molecular formula is C10H9N3O4. The van der Waals surface area contributed by atoms with Crippen molar-refractivity contribution in [2.24, 2.45) is 0 Å². The zero-order valence-corrected chi connectivity index (χ0v) is 8.84. The summed E-state index contributed by atoms with van der Waals surface area (Å²) in [6.45, 7) is 1.68. The molecule has 88 valence electrons. The molecular weight excluding hydrogens is 226 g/mol. The molecule has 7 heteroatoms. The van der Waals surface area contributed by atoms with Gasteiger partial charge >= 0.3 is 11.7 Å². The molecule has 0 aliphatic carbocycles. The number of carbonyl (C=O) groups is 1. The summed E-state index contributed by atoms with van der Waals surface area (Å²) < 4.78 is 0.943. The predicted molar refractivity (Wildman–Crippen MR) is 57.5 cm³/mol. The number of hydrogen-bond acceptors (Lipinski definition) is 4. The molecule has 0 amide bonds. The molecule has 0 radical (unpaired) electrons. The third kappa shape index (κ3) is 1.89. The molecule has 0 saturated carbocycles. The van der Waals surface area contributed by atoms with E-state index in [1.807, 2.05) is 0 Å². The Balaban J connectivity index is 2.60. The van der Waals surface area contributed by atoms with Crippen LogP contribution in [0.15, 0.2) is 23.0 Å². The van der Waals surface area contributed by atoms with Gasteiger partial charge < -0.3 is 10.2 Å². The molecule has 0 aliphatic heterocycles. The van der Waals surface area contributed by atoms with E-state index in [9.17, 15) is 14.7 Å². The van der Waals surface area contributed by atoms with E-state index in [0.29, 0.717) is 11.3 Å². The van der Waals surface area contributed by atoms with Gasteiger partial charge in [0.15, 0.2) is 0 Å². The number of carboxylic acids is 1. The number of phenolic OH excluding ortho intramolecular Hbond substituents is 1. The maximum absolute atomic E-state index is 11.5. The highest BCUT2D eigenvalue weighted by molar-refractivity contribution is 5.82. The van der Waals surface area contributed by atoms with Gasteiger partial charge in [-0.15, -0.1) is 5.10 Å². The highest BCUT2D eigenvalue weighted by atomic mass is 16.4. The van der Waals surface area contributed by atoms with E-state index >= 15 is 0 Å². The SMILES string of the molecule is Cc1cc(O)ccc1-n1nc(C(=O)O)[nH]c1=O. The highest BCUT2D eigenvalue weighted by Crippen LogP contribution is 2.17. The van der Waals surface area contributed by atoms with Crippen LogP contribution in [0.2, 0.25) is 0 Å². The van der Waals surface area contributed by atoms with Crippen molar-refractivity contribution < 1.29 is 15.0 Å². The monoisotopic (exact) mass is 235 g/mol. The van der Waals surface area contributed by atoms with E-state index in [2.05, 4.69) is 10.1 Å². The van der Waals surface area contributed by atoms with E-state index in [1.54, 1.807) is 6.92 Å². The largest absolute Gasteiger partial charge is 0.508 e. The molecule has 0 unspecified atom stereocenters. The first kappa shape index (κ1) is 10.9. The lowest BCUT2D eigenvalue weighted by Gasteiger charge is -2.03. The summed E-state index contributed by atoms with van der Waals surface area (Å²) in [5.41, 5.74) is 0.378. The smallest absolute Gasteiger partial charge is 0.373 e. The van der Waals surface area contributed by atoms with E-state index < -0.39 is 17.5 Å². The number of aromatic hydroxyl groups is 1. The highest BCUT2D eigenvalue weighted by Gasteiger charge is 2.13. The molecule has 0 spiro atoms. The molecule has 1 aromatic carbocycles. The third-order valence-electron chi connectivity index (χ3n) is 2.23. The van der Waals surface area contributed by atoms with Gasteiger partial charge in [0.2, 0.25) is 5.82 Å². The summed E-state index contributed by atoms with van der Waals surface area (Å²) in [5, 5.41) is 21.6. The molecule has 2 aromatic rings. The van der Waals surface area contributed by atoms with Gasteiger partial charge in [0, 0.05) is 0 Å².